The summed E-state index contributed by atoms with van der Waals surface area (Å²) in [6.45, 7) is 2.11. The van der Waals surface area contributed by atoms with Crippen molar-refractivity contribution in [1.82, 2.24) is 14.8 Å². The summed E-state index contributed by atoms with van der Waals surface area (Å²) in [5, 5.41) is 13.4. The molecule has 1 aliphatic heterocycles. The SMILES string of the molecule is CCN1C(=O)/C(=C/c2cccn2-c2ccc([N+](=O)[O-])cc2)C(=O)NC1=S. The lowest BCUT2D eigenvalue weighted by Gasteiger charge is -2.27. The molecule has 0 saturated carbocycles. The van der Waals surface area contributed by atoms with Gasteiger partial charge in [0.1, 0.15) is 5.57 Å². The van der Waals surface area contributed by atoms with Crippen molar-refractivity contribution in [3.8, 4) is 5.69 Å². The number of hydrogen-bond donors (Lipinski definition) is 1. The number of amides is 2. The minimum absolute atomic E-state index is 0.0188. The number of nitro groups is 1. The first-order chi connectivity index (χ1) is 12.4. The number of nitrogens with zero attached hydrogens (tertiary/aromatic N) is 3. The van der Waals surface area contributed by atoms with Crippen LogP contribution in [0.25, 0.3) is 11.8 Å². The van der Waals surface area contributed by atoms with E-state index in [0.29, 0.717) is 17.9 Å². The number of aromatic nitrogens is 1. The number of hydrogen-bond acceptors (Lipinski definition) is 5. The molecule has 1 aromatic carbocycles. The van der Waals surface area contributed by atoms with Crippen molar-refractivity contribution in [3.05, 3.63) is 64.0 Å². The third kappa shape index (κ3) is 3.11. The second kappa shape index (κ2) is 6.89. The van der Waals surface area contributed by atoms with Crippen molar-refractivity contribution < 1.29 is 14.5 Å². The molecule has 0 spiro atoms. The Bertz CT molecular complexity index is 946. The van der Waals surface area contributed by atoms with E-state index in [1.165, 1.54) is 23.1 Å². The van der Waals surface area contributed by atoms with Crippen molar-refractivity contribution in [2.24, 2.45) is 0 Å². The predicted molar refractivity (Wildman–Crippen MR) is 98.5 cm³/mol. The highest BCUT2D eigenvalue weighted by molar-refractivity contribution is 7.80. The van der Waals surface area contributed by atoms with Crippen LogP contribution in [0, 0.1) is 10.1 Å². The maximum atomic E-state index is 12.5. The zero-order chi connectivity index (χ0) is 18.8. The Hall–Kier alpha value is -3.33. The second-order valence-corrected chi connectivity index (χ2v) is 5.83. The van der Waals surface area contributed by atoms with Crippen LogP contribution in [0.1, 0.15) is 12.6 Å². The molecule has 3 rings (SSSR count). The average molecular weight is 370 g/mol. The topological polar surface area (TPSA) is 97.5 Å². The van der Waals surface area contributed by atoms with Gasteiger partial charge >= 0.3 is 0 Å². The minimum Gasteiger partial charge on any atom is -0.317 e. The fourth-order valence-corrected chi connectivity index (χ4v) is 2.92. The van der Waals surface area contributed by atoms with Crippen LogP contribution in [0.2, 0.25) is 0 Å². The number of nitro benzene ring substituents is 1. The maximum absolute atomic E-state index is 12.5. The van der Waals surface area contributed by atoms with E-state index in [1.807, 2.05) is 0 Å². The van der Waals surface area contributed by atoms with Crippen LogP contribution in [0.3, 0.4) is 0 Å². The molecule has 1 N–H and O–H groups in total. The van der Waals surface area contributed by atoms with Gasteiger partial charge in [-0.05, 0) is 49.5 Å². The van der Waals surface area contributed by atoms with Crippen LogP contribution in [-0.4, -0.2) is 37.9 Å². The van der Waals surface area contributed by atoms with E-state index in [2.05, 4.69) is 5.32 Å². The van der Waals surface area contributed by atoms with Crippen molar-refractivity contribution >= 4 is 40.9 Å². The van der Waals surface area contributed by atoms with E-state index < -0.39 is 16.7 Å². The number of carbonyl (C=O) groups is 2. The minimum atomic E-state index is -0.554. The largest absolute Gasteiger partial charge is 0.317 e. The molecule has 2 aromatic rings. The molecule has 2 amide bonds. The molecule has 1 aliphatic rings. The van der Waals surface area contributed by atoms with E-state index in [4.69, 9.17) is 12.2 Å². The molecule has 9 heteroatoms. The third-order valence-electron chi connectivity index (χ3n) is 3.91. The summed E-state index contributed by atoms with van der Waals surface area (Å²) in [6, 6.07) is 9.45. The predicted octanol–water partition coefficient (Wildman–Crippen LogP) is 2.03. The lowest BCUT2D eigenvalue weighted by molar-refractivity contribution is -0.384. The van der Waals surface area contributed by atoms with Crippen LogP contribution in [0.5, 0.6) is 0 Å². The van der Waals surface area contributed by atoms with Crippen molar-refractivity contribution in [2.45, 2.75) is 6.92 Å². The smallest absolute Gasteiger partial charge is 0.269 e. The summed E-state index contributed by atoms with van der Waals surface area (Å²) in [6.07, 6.45) is 3.21. The van der Waals surface area contributed by atoms with E-state index in [1.54, 1.807) is 42.0 Å². The van der Waals surface area contributed by atoms with Gasteiger partial charge in [-0.2, -0.15) is 0 Å². The zero-order valence-corrected chi connectivity index (χ0v) is 14.5. The lowest BCUT2D eigenvalue weighted by Crippen LogP contribution is -2.53. The Morgan fingerprint density at radius 1 is 1.23 bits per heavy atom. The van der Waals surface area contributed by atoms with Crippen molar-refractivity contribution in [1.29, 1.82) is 0 Å². The Balaban J connectivity index is 1.99. The van der Waals surface area contributed by atoms with Gasteiger partial charge in [0.15, 0.2) is 5.11 Å². The number of nitrogens with one attached hydrogen (secondary N) is 1. The molecule has 132 valence electrons. The Morgan fingerprint density at radius 2 is 1.92 bits per heavy atom. The van der Waals surface area contributed by atoms with Crippen LogP contribution in [-0.2, 0) is 9.59 Å². The van der Waals surface area contributed by atoms with Crippen LogP contribution in [0.4, 0.5) is 5.69 Å². The number of carbonyl (C=O) groups excluding carboxylic acids is 2. The van der Waals surface area contributed by atoms with Gasteiger partial charge in [0.05, 0.1) is 4.92 Å². The van der Waals surface area contributed by atoms with Gasteiger partial charge in [-0.1, -0.05) is 0 Å². The molecule has 0 bridgehead atoms. The second-order valence-electron chi connectivity index (χ2n) is 5.44. The average Bonchev–Trinajstić information content (AvgIpc) is 3.07. The number of benzene rings is 1. The molecule has 1 saturated heterocycles. The first-order valence-corrected chi connectivity index (χ1v) is 8.14. The zero-order valence-electron chi connectivity index (χ0n) is 13.7. The summed E-state index contributed by atoms with van der Waals surface area (Å²) < 4.78 is 1.72. The summed E-state index contributed by atoms with van der Waals surface area (Å²) in [5.74, 6) is -1.01. The van der Waals surface area contributed by atoms with Gasteiger partial charge in [0, 0.05) is 36.3 Å². The summed E-state index contributed by atoms with van der Waals surface area (Å²) in [4.78, 5) is 36.3. The van der Waals surface area contributed by atoms with Crippen LogP contribution in [0.15, 0.2) is 48.2 Å². The molecule has 0 atom stereocenters. The first kappa shape index (κ1) is 17.5. The van der Waals surface area contributed by atoms with Gasteiger partial charge in [0.25, 0.3) is 17.5 Å². The Morgan fingerprint density at radius 3 is 2.54 bits per heavy atom. The number of thiocarbonyl (C=S) groups is 1. The molecule has 0 aliphatic carbocycles. The molecular weight excluding hydrogens is 356 g/mol. The summed E-state index contributed by atoms with van der Waals surface area (Å²) >= 11 is 5.00. The van der Waals surface area contributed by atoms with Crippen molar-refractivity contribution in [3.63, 3.8) is 0 Å². The molecular formula is C17H14N4O4S. The standard InChI is InChI=1S/C17H14N4O4S/c1-2-19-16(23)14(15(22)18-17(19)26)10-13-4-3-9-20(13)11-5-7-12(8-6-11)21(24)25/h3-10H,2H2,1H3,(H,18,22,26)/b14-10+. The molecule has 26 heavy (non-hydrogen) atoms. The maximum Gasteiger partial charge on any atom is 0.269 e. The van der Waals surface area contributed by atoms with Crippen LogP contribution < -0.4 is 5.32 Å². The van der Waals surface area contributed by atoms with Gasteiger partial charge in [0.2, 0.25) is 0 Å². The molecule has 0 unspecified atom stereocenters. The number of rotatable bonds is 4. The fourth-order valence-electron chi connectivity index (χ4n) is 2.61. The number of likely N-dealkylation sites (N-methyl/N-ethyl adjacent to an activating group) is 1. The van der Waals surface area contributed by atoms with Crippen LogP contribution >= 0.6 is 12.2 Å². The third-order valence-corrected chi connectivity index (χ3v) is 4.24. The summed E-state index contributed by atoms with van der Waals surface area (Å²) in [5.41, 5.74) is 1.21. The van der Waals surface area contributed by atoms with Crippen molar-refractivity contribution in [2.75, 3.05) is 6.54 Å². The summed E-state index contributed by atoms with van der Waals surface area (Å²) in [7, 11) is 0. The molecule has 1 aromatic heterocycles. The quantitative estimate of drug-likeness (QED) is 0.292. The molecule has 0 radical (unpaired) electrons. The Kier molecular flexibility index (Phi) is 4.63. The Labute approximate surface area is 153 Å². The molecule has 2 heterocycles. The van der Waals surface area contributed by atoms with E-state index >= 15 is 0 Å². The van der Waals surface area contributed by atoms with Gasteiger partial charge < -0.3 is 4.57 Å². The lowest BCUT2D eigenvalue weighted by atomic mass is 10.1. The fraction of sp³-hybridized carbons (Fsp3) is 0.118. The molecule has 1 fully saturated rings. The van der Waals surface area contributed by atoms with E-state index in [9.17, 15) is 19.7 Å². The van der Waals surface area contributed by atoms with E-state index in [-0.39, 0.29) is 16.4 Å². The highest BCUT2D eigenvalue weighted by Crippen LogP contribution is 2.20. The van der Waals surface area contributed by atoms with Gasteiger partial charge in [-0.3, -0.25) is 29.9 Å². The van der Waals surface area contributed by atoms with E-state index in [0.717, 1.165) is 0 Å². The highest BCUT2D eigenvalue weighted by atomic mass is 32.1. The molecule has 8 nitrogen and oxygen atoms in total. The normalized spacial score (nSPS) is 16.1. The van der Waals surface area contributed by atoms with Gasteiger partial charge in [-0.15, -0.1) is 0 Å². The first-order valence-electron chi connectivity index (χ1n) is 7.73. The number of non-ortho nitro benzene ring substituents is 1. The highest BCUT2D eigenvalue weighted by Gasteiger charge is 2.32. The monoisotopic (exact) mass is 370 g/mol. The van der Waals surface area contributed by atoms with Gasteiger partial charge in [-0.25, -0.2) is 0 Å².